The van der Waals surface area contributed by atoms with Gasteiger partial charge >= 0.3 is 7.60 Å². The van der Waals surface area contributed by atoms with E-state index in [9.17, 15) is 14.4 Å². The molecule has 1 aromatic carbocycles. The molecule has 0 fully saturated rings. The zero-order valence-corrected chi connectivity index (χ0v) is 11.7. The predicted molar refractivity (Wildman–Crippen MR) is 73.6 cm³/mol. The highest BCUT2D eigenvalue weighted by atomic mass is 32.2. The lowest BCUT2D eigenvalue weighted by atomic mass is 10.1. The largest absolute Gasteiger partial charge is 0.356 e. The molecule has 2 heterocycles. The highest BCUT2D eigenvalue weighted by Crippen LogP contribution is 2.43. The molecule has 100 valence electrons. The molecule has 0 radical (unpaired) electrons. The Kier molecular flexibility index (Phi) is 3.27. The van der Waals surface area contributed by atoms with E-state index in [4.69, 9.17) is 0 Å². The van der Waals surface area contributed by atoms with Gasteiger partial charge in [0.25, 0.3) is 0 Å². The highest BCUT2D eigenvalue weighted by Gasteiger charge is 2.24. The molecule has 1 atom stereocenters. The summed E-state index contributed by atoms with van der Waals surface area (Å²) >= 11 is 1.70. The van der Waals surface area contributed by atoms with Crippen molar-refractivity contribution in [2.45, 2.75) is 23.1 Å². The number of imidazole rings is 1. The summed E-state index contributed by atoms with van der Waals surface area (Å²) in [6.07, 6.45) is 7.24. The molecule has 7 heteroatoms. The molecule has 3 rings (SSSR count). The van der Waals surface area contributed by atoms with Crippen LogP contribution in [0.2, 0.25) is 0 Å². The quantitative estimate of drug-likeness (QED) is 0.828. The van der Waals surface area contributed by atoms with Crippen molar-refractivity contribution in [1.29, 1.82) is 0 Å². The molecule has 0 aliphatic carbocycles. The van der Waals surface area contributed by atoms with Gasteiger partial charge in [0, 0.05) is 17.3 Å². The number of nitrogens with zero attached hydrogens (tertiary/aromatic N) is 2. The van der Waals surface area contributed by atoms with Crippen molar-refractivity contribution in [2.24, 2.45) is 0 Å². The van der Waals surface area contributed by atoms with Crippen LogP contribution in [-0.4, -0.2) is 19.3 Å². The van der Waals surface area contributed by atoms with Crippen LogP contribution in [0.25, 0.3) is 0 Å². The van der Waals surface area contributed by atoms with Crippen molar-refractivity contribution in [3.63, 3.8) is 0 Å². The van der Waals surface area contributed by atoms with E-state index in [0.29, 0.717) is 5.37 Å². The highest BCUT2D eigenvalue weighted by molar-refractivity contribution is 7.99. The minimum atomic E-state index is -4.15. The van der Waals surface area contributed by atoms with Gasteiger partial charge in [-0.15, -0.1) is 11.8 Å². The molecule has 1 aliphatic rings. The van der Waals surface area contributed by atoms with E-state index < -0.39 is 7.60 Å². The van der Waals surface area contributed by atoms with Gasteiger partial charge < -0.3 is 14.4 Å². The molecule has 0 spiro atoms. The molecular formula is C12H13N2O3PS. The van der Waals surface area contributed by atoms with Gasteiger partial charge in [0.15, 0.2) is 0 Å². The summed E-state index contributed by atoms with van der Waals surface area (Å²) in [7, 11) is -4.15. The van der Waals surface area contributed by atoms with Crippen LogP contribution < -0.4 is 5.30 Å². The molecule has 2 aromatic rings. The second-order valence-electron chi connectivity index (χ2n) is 4.46. The third kappa shape index (κ3) is 2.62. The van der Waals surface area contributed by atoms with Crippen LogP contribution in [0, 0.1) is 0 Å². The lowest BCUT2D eigenvalue weighted by molar-refractivity contribution is 0.387. The Morgan fingerprint density at radius 1 is 1.42 bits per heavy atom. The predicted octanol–water partition coefficient (Wildman–Crippen LogP) is 1.92. The molecule has 2 N–H and O–H groups in total. The third-order valence-electron chi connectivity index (χ3n) is 3.16. The summed E-state index contributed by atoms with van der Waals surface area (Å²) < 4.78 is 13.3. The van der Waals surface area contributed by atoms with Crippen LogP contribution in [0.5, 0.6) is 0 Å². The summed E-state index contributed by atoms with van der Waals surface area (Å²) in [5.41, 5.74) is 1.02. The maximum atomic E-state index is 11.2. The van der Waals surface area contributed by atoms with Crippen LogP contribution in [-0.2, 0) is 11.0 Å². The van der Waals surface area contributed by atoms with Gasteiger partial charge in [-0.3, -0.25) is 4.57 Å². The van der Waals surface area contributed by atoms with Crippen molar-refractivity contribution in [2.75, 3.05) is 0 Å². The van der Waals surface area contributed by atoms with E-state index in [1.54, 1.807) is 36.4 Å². The first kappa shape index (κ1) is 12.9. The number of rotatable bonds is 2. The molecule has 0 bridgehead atoms. The summed E-state index contributed by atoms with van der Waals surface area (Å²) in [5, 5.41) is 0.406. The van der Waals surface area contributed by atoms with Crippen LogP contribution >= 0.6 is 19.4 Å². The number of thioether (sulfide) groups is 1. The Bertz CT molecular complexity index is 638. The first-order valence-corrected chi connectivity index (χ1v) is 8.36. The SMILES string of the molecule is O=P(O)(O)c1ccc2c(c1)CCC(n1ccnc1)S2. The molecule has 1 aromatic heterocycles. The van der Waals surface area contributed by atoms with E-state index >= 15 is 0 Å². The second-order valence-corrected chi connectivity index (χ2v) is 7.28. The van der Waals surface area contributed by atoms with Gasteiger partial charge in [0.1, 0.15) is 0 Å². The molecule has 1 unspecified atom stereocenters. The first-order chi connectivity index (χ1) is 9.04. The average molecular weight is 296 g/mol. The summed E-state index contributed by atoms with van der Waals surface area (Å²) in [5.74, 6) is 0. The Morgan fingerprint density at radius 3 is 2.95 bits per heavy atom. The number of aromatic nitrogens is 2. The second kappa shape index (κ2) is 4.80. The normalized spacial score (nSPS) is 19.2. The zero-order valence-electron chi connectivity index (χ0n) is 10.0. The molecule has 1 aliphatic heterocycles. The Hall–Kier alpha value is -1.07. The van der Waals surface area contributed by atoms with E-state index in [-0.39, 0.29) is 5.30 Å². The van der Waals surface area contributed by atoms with Gasteiger partial charge in [-0.25, -0.2) is 4.98 Å². The fourth-order valence-corrected chi connectivity index (χ4v) is 4.02. The molecule has 0 saturated heterocycles. The first-order valence-electron chi connectivity index (χ1n) is 5.87. The average Bonchev–Trinajstić information content (AvgIpc) is 2.90. The number of benzene rings is 1. The molecule has 19 heavy (non-hydrogen) atoms. The van der Waals surface area contributed by atoms with E-state index in [0.717, 1.165) is 23.3 Å². The number of fused-ring (bicyclic) bond motifs is 1. The Morgan fingerprint density at radius 2 is 2.26 bits per heavy atom. The van der Waals surface area contributed by atoms with Crippen molar-refractivity contribution in [3.8, 4) is 0 Å². The molecule has 0 amide bonds. The minimum Gasteiger partial charge on any atom is -0.325 e. The molecule has 5 nitrogen and oxygen atoms in total. The van der Waals surface area contributed by atoms with Crippen LogP contribution in [0.1, 0.15) is 17.4 Å². The van der Waals surface area contributed by atoms with Crippen LogP contribution in [0.3, 0.4) is 0 Å². The fraction of sp³-hybridized carbons (Fsp3) is 0.250. The van der Waals surface area contributed by atoms with Gasteiger partial charge in [-0.1, -0.05) is 0 Å². The smallest absolute Gasteiger partial charge is 0.325 e. The monoisotopic (exact) mass is 296 g/mol. The van der Waals surface area contributed by atoms with E-state index in [1.807, 2.05) is 6.20 Å². The summed E-state index contributed by atoms with van der Waals surface area (Å²) in [6, 6.07) is 4.95. The van der Waals surface area contributed by atoms with E-state index in [1.165, 1.54) is 6.07 Å². The van der Waals surface area contributed by atoms with Crippen molar-refractivity contribution >= 4 is 24.7 Å². The van der Waals surface area contributed by atoms with Gasteiger partial charge in [-0.2, -0.15) is 0 Å². The lowest BCUT2D eigenvalue weighted by Gasteiger charge is -2.25. The Balaban J connectivity index is 1.89. The zero-order chi connectivity index (χ0) is 13.5. The Labute approximate surface area is 114 Å². The topological polar surface area (TPSA) is 75.3 Å². The lowest BCUT2D eigenvalue weighted by Crippen LogP contribution is -2.13. The van der Waals surface area contributed by atoms with Crippen molar-refractivity contribution in [1.82, 2.24) is 9.55 Å². The van der Waals surface area contributed by atoms with Crippen molar-refractivity contribution < 1.29 is 14.4 Å². The van der Waals surface area contributed by atoms with Crippen LogP contribution in [0.15, 0.2) is 41.8 Å². The number of aryl methyl sites for hydroxylation is 1. The molecular weight excluding hydrogens is 283 g/mol. The van der Waals surface area contributed by atoms with Crippen molar-refractivity contribution in [3.05, 3.63) is 42.5 Å². The maximum absolute atomic E-state index is 11.2. The van der Waals surface area contributed by atoms with Gasteiger partial charge in [-0.05, 0) is 36.6 Å². The van der Waals surface area contributed by atoms with Gasteiger partial charge in [0.05, 0.1) is 17.0 Å². The van der Waals surface area contributed by atoms with Crippen LogP contribution in [0.4, 0.5) is 0 Å². The number of hydrogen-bond donors (Lipinski definition) is 2. The fourth-order valence-electron chi connectivity index (χ4n) is 2.19. The van der Waals surface area contributed by atoms with E-state index in [2.05, 4.69) is 9.55 Å². The molecule has 0 saturated carbocycles. The van der Waals surface area contributed by atoms with Gasteiger partial charge in [0.2, 0.25) is 0 Å². The maximum Gasteiger partial charge on any atom is 0.356 e. The third-order valence-corrected chi connectivity index (χ3v) is 5.52. The minimum absolute atomic E-state index is 0.105. The number of hydrogen-bond acceptors (Lipinski definition) is 3. The standard InChI is InChI=1S/C12H13N2O3PS/c15-18(16,17)10-2-3-11-9(7-10)1-4-12(19-11)14-6-5-13-8-14/h2-3,5-8,12H,1,4H2,(H2,15,16,17). The summed E-state index contributed by atoms with van der Waals surface area (Å²) in [4.78, 5) is 23.5. The summed E-state index contributed by atoms with van der Waals surface area (Å²) in [6.45, 7) is 0.